The van der Waals surface area contributed by atoms with Crippen molar-refractivity contribution in [3.05, 3.63) is 71.8 Å². The molecule has 6 amide bonds. The van der Waals surface area contributed by atoms with E-state index in [0.717, 1.165) is 11.1 Å². The maximum Gasteiger partial charge on any atom is 0.248 e. The van der Waals surface area contributed by atoms with Crippen molar-refractivity contribution < 1.29 is 33.9 Å². The van der Waals surface area contributed by atoms with Crippen LogP contribution in [-0.2, 0) is 41.6 Å². The number of carbonyl (C=O) groups excluding carboxylic acids is 6. The van der Waals surface area contributed by atoms with E-state index in [-0.39, 0.29) is 43.4 Å². The molecule has 1 unspecified atom stereocenters. The van der Waals surface area contributed by atoms with Crippen molar-refractivity contribution in [3.63, 3.8) is 0 Å². The molecule has 0 bridgehead atoms. The second-order valence-corrected chi connectivity index (χ2v) is 16.9. The summed E-state index contributed by atoms with van der Waals surface area (Å²) in [5.74, 6) is -4.46. The van der Waals surface area contributed by atoms with E-state index in [1.807, 2.05) is 102 Å². The van der Waals surface area contributed by atoms with Gasteiger partial charge in [-0.2, -0.15) is 0 Å². The van der Waals surface area contributed by atoms with Gasteiger partial charge < -0.3 is 37.0 Å². The zero-order valence-corrected chi connectivity index (χ0v) is 35.5. The zero-order valence-electron chi connectivity index (χ0n) is 35.5. The van der Waals surface area contributed by atoms with Gasteiger partial charge in [-0.05, 0) is 54.6 Å². The molecule has 2 aromatic carbocycles. The average molecular weight is 804 g/mol. The number of amides is 6. The van der Waals surface area contributed by atoms with Gasteiger partial charge in [-0.3, -0.25) is 33.8 Å². The molecule has 1 heterocycles. The van der Waals surface area contributed by atoms with Crippen LogP contribution in [0.2, 0.25) is 0 Å². The number of nitrogens with one attached hydrogen (secondary N) is 6. The molecule has 14 nitrogen and oxygen atoms in total. The summed E-state index contributed by atoms with van der Waals surface area (Å²) < 4.78 is 0. The number of aliphatic imine (C=N–C) groups is 1. The molecule has 0 saturated heterocycles. The first-order chi connectivity index (χ1) is 27.4. The van der Waals surface area contributed by atoms with Crippen LogP contribution in [0.3, 0.4) is 0 Å². The van der Waals surface area contributed by atoms with Gasteiger partial charge in [0.15, 0.2) is 6.04 Å². The number of carbonyl (C=O) groups is 6. The van der Waals surface area contributed by atoms with Crippen LogP contribution in [0, 0.1) is 23.7 Å². The fourth-order valence-electron chi connectivity index (χ4n) is 6.61. The standard InChI is InChI=1S/C44H65N7O7/c1-25(2)20-32-39(53)47-35(23-31-18-14-11-15-19-31)42(56)51-37(28(7)8)43(57)49-34(22-30-16-12-10-13-17-30)41(55)50-36(27(5)6)24-45-38(29(9)52)44(58)48-33(21-26(3)4)40(54)46-32/h10-19,24-29,32-38,52H,20-23H2,1-9H3,(H,46,54)(H,47,53)(H,48,58)(H,49,57)(H,50,55)(H,51,56)/t29-,32+,33+,34+,35+,36-,37+,38?/m1/s1. The minimum Gasteiger partial charge on any atom is -0.391 e. The van der Waals surface area contributed by atoms with Gasteiger partial charge in [0, 0.05) is 19.1 Å². The molecule has 0 radical (unpaired) electrons. The lowest BCUT2D eigenvalue weighted by atomic mass is 9.98. The van der Waals surface area contributed by atoms with Crippen molar-refractivity contribution in [2.24, 2.45) is 28.7 Å². The van der Waals surface area contributed by atoms with Gasteiger partial charge in [0.25, 0.3) is 0 Å². The smallest absolute Gasteiger partial charge is 0.248 e. The third kappa shape index (κ3) is 15.0. The molecule has 0 saturated carbocycles. The van der Waals surface area contributed by atoms with Crippen LogP contribution in [0.5, 0.6) is 0 Å². The van der Waals surface area contributed by atoms with Crippen LogP contribution in [0.25, 0.3) is 0 Å². The monoisotopic (exact) mass is 803 g/mol. The number of rotatable bonds is 11. The first-order valence-corrected chi connectivity index (χ1v) is 20.5. The Hall–Kier alpha value is -5.11. The molecular weight excluding hydrogens is 739 g/mol. The summed E-state index contributed by atoms with van der Waals surface area (Å²) in [6.45, 7) is 16.2. The van der Waals surface area contributed by atoms with Gasteiger partial charge in [0.05, 0.1) is 12.1 Å². The van der Waals surface area contributed by atoms with E-state index in [1.165, 1.54) is 13.1 Å². The van der Waals surface area contributed by atoms with Crippen molar-refractivity contribution in [1.82, 2.24) is 31.9 Å². The van der Waals surface area contributed by atoms with Crippen molar-refractivity contribution >= 4 is 41.7 Å². The summed E-state index contributed by atoms with van der Waals surface area (Å²) in [5, 5.41) is 27.8. The summed E-state index contributed by atoms with van der Waals surface area (Å²) in [5.41, 5.74) is 1.53. The number of hydrogen-bond acceptors (Lipinski definition) is 8. The molecule has 58 heavy (non-hydrogen) atoms. The predicted molar refractivity (Wildman–Crippen MR) is 224 cm³/mol. The topological polar surface area (TPSA) is 207 Å². The van der Waals surface area contributed by atoms with E-state index in [2.05, 4.69) is 36.9 Å². The van der Waals surface area contributed by atoms with E-state index in [0.29, 0.717) is 0 Å². The SMILES string of the molecule is CC(C)C[C@@H]1NC(=O)C([C@@H](C)O)N=C[C@H](C(C)C)NC(=O)[C@H](Cc2ccccc2)NC(=O)[C@H](C(C)C)NC(=O)[C@H](Cc2ccccc2)NC(=O)[C@H](CC(C)C)NC1=O. The van der Waals surface area contributed by atoms with Gasteiger partial charge in [-0.15, -0.1) is 0 Å². The lowest BCUT2D eigenvalue weighted by Crippen LogP contribution is -2.61. The Kier molecular flexibility index (Phi) is 18.5. The van der Waals surface area contributed by atoms with E-state index in [1.54, 1.807) is 13.8 Å². The molecule has 0 aliphatic carbocycles. The van der Waals surface area contributed by atoms with Crippen LogP contribution < -0.4 is 31.9 Å². The van der Waals surface area contributed by atoms with Crippen LogP contribution in [0.1, 0.15) is 86.3 Å². The minimum absolute atomic E-state index is 0.0510. The number of benzene rings is 2. The Morgan fingerprint density at radius 2 is 0.897 bits per heavy atom. The Morgan fingerprint density at radius 1 is 0.500 bits per heavy atom. The number of aliphatic hydroxyl groups excluding tert-OH is 1. The van der Waals surface area contributed by atoms with Crippen molar-refractivity contribution in [2.75, 3.05) is 0 Å². The van der Waals surface area contributed by atoms with Crippen LogP contribution in [0.15, 0.2) is 65.7 Å². The fraction of sp³-hybridized carbons (Fsp3) is 0.568. The highest BCUT2D eigenvalue weighted by molar-refractivity contribution is 5.97. The fourth-order valence-corrected chi connectivity index (χ4v) is 6.61. The average Bonchev–Trinajstić information content (AvgIpc) is 3.14. The maximum absolute atomic E-state index is 14.2. The third-order valence-electron chi connectivity index (χ3n) is 9.92. The maximum atomic E-state index is 14.2. The zero-order chi connectivity index (χ0) is 43.1. The summed E-state index contributed by atoms with van der Waals surface area (Å²) in [6, 6.07) is 10.7. The third-order valence-corrected chi connectivity index (χ3v) is 9.92. The molecule has 8 atom stereocenters. The molecule has 7 N–H and O–H groups in total. The molecule has 1 aliphatic rings. The van der Waals surface area contributed by atoms with Crippen molar-refractivity contribution in [1.29, 1.82) is 0 Å². The number of nitrogens with zero attached hydrogens (tertiary/aromatic N) is 1. The van der Waals surface area contributed by atoms with E-state index >= 15 is 0 Å². The quantitative estimate of drug-likeness (QED) is 0.181. The summed E-state index contributed by atoms with van der Waals surface area (Å²) in [7, 11) is 0. The Bertz CT molecular complexity index is 1700. The van der Waals surface area contributed by atoms with Gasteiger partial charge in [-0.1, -0.05) is 116 Å². The molecule has 2 aromatic rings. The molecule has 0 fully saturated rings. The van der Waals surface area contributed by atoms with Crippen molar-refractivity contribution in [3.8, 4) is 0 Å². The first kappa shape index (κ1) is 47.3. The predicted octanol–water partition coefficient (Wildman–Crippen LogP) is 2.62. The lowest BCUT2D eigenvalue weighted by molar-refractivity contribution is -0.136. The molecule has 0 aromatic heterocycles. The molecule has 3 rings (SSSR count). The van der Waals surface area contributed by atoms with Gasteiger partial charge in [-0.25, -0.2) is 0 Å². The highest BCUT2D eigenvalue weighted by Gasteiger charge is 2.36. The number of hydrogen-bond donors (Lipinski definition) is 7. The molecule has 318 valence electrons. The van der Waals surface area contributed by atoms with E-state index in [9.17, 15) is 33.9 Å². The minimum atomic E-state index is -1.34. The summed E-state index contributed by atoms with van der Waals surface area (Å²) in [4.78, 5) is 88.8. The lowest BCUT2D eigenvalue weighted by Gasteiger charge is -2.29. The van der Waals surface area contributed by atoms with Crippen LogP contribution in [-0.4, -0.2) is 95.2 Å². The highest BCUT2D eigenvalue weighted by Crippen LogP contribution is 2.14. The second kappa shape index (κ2) is 22.7. The van der Waals surface area contributed by atoms with Gasteiger partial charge in [0.2, 0.25) is 35.4 Å². The number of aliphatic hydroxyl groups is 1. The van der Waals surface area contributed by atoms with Crippen LogP contribution >= 0.6 is 0 Å². The largest absolute Gasteiger partial charge is 0.391 e. The van der Waals surface area contributed by atoms with E-state index in [4.69, 9.17) is 0 Å². The highest BCUT2D eigenvalue weighted by atomic mass is 16.3. The van der Waals surface area contributed by atoms with Gasteiger partial charge >= 0.3 is 0 Å². The Labute approximate surface area is 343 Å². The Morgan fingerprint density at radius 3 is 1.31 bits per heavy atom. The summed E-state index contributed by atoms with van der Waals surface area (Å²) >= 11 is 0. The van der Waals surface area contributed by atoms with Crippen molar-refractivity contribution in [2.45, 2.75) is 136 Å². The normalized spacial score (nSPS) is 25.3. The molecular formula is C44H65N7O7. The Balaban J connectivity index is 2.17. The van der Waals surface area contributed by atoms with Gasteiger partial charge in [0.1, 0.15) is 30.2 Å². The molecule has 0 spiro atoms. The summed E-state index contributed by atoms with van der Waals surface area (Å²) in [6.07, 6.45) is 0.767. The van der Waals surface area contributed by atoms with Crippen LogP contribution in [0.4, 0.5) is 0 Å². The second-order valence-electron chi connectivity index (χ2n) is 16.9. The first-order valence-electron chi connectivity index (χ1n) is 20.5. The molecule has 1 aliphatic heterocycles. The molecule has 14 heteroatoms. The van der Waals surface area contributed by atoms with E-state index < -0.39 is 89.8 Å².